The smallest absolute Gasteiger partial charge is 0.254 e. The van der Waals surface area contributed by atoms with Gasteiger partial charge in [-0.1, -0.05) is 12.1 Å². The van der Waals surface area contributed by atoms with Crippen LogP contribution in [0.1, 0.15) is 10.4 Å². The Hall–Kier alpha value is -1.35. The third-order valence-electron chi connectivity index (χ3n) is 2.42. The topological polar surface area (TPSA) is 29.5 Å². The highest BCUT2D eigenvalue weighted by Gasteiger charge is 2.30. The average molecular weight is 190 g/mol. The molecule has 0 atom stereocenters. The van der Waals surface area contributed by atoms with Gasteiger partial charge in [0.05, 0.1) is 6.10 Å². The Morgan fingerprint density at radius 2 is 2.43 bits per heavy atom. The van der Waals surface area contributed by atoms with Crippen molar-refractivity contribution in [3.8, 4) is 0 Å². The number of hydrogen-bond donors (Lipinski definition) is 0. The summed E-state index contributed by atoms with van der Waals surface area (Å²) in [7, 11) is 1.67. The molecular weight excluding hydrogens is 178 g/mol. The summed E-state index contributed by atoms with van der Waals surface area (Å²) in [4.78, 5) is 13.5. The van der Waals surface area contributed by atoms with Gasteiger partial charge in [-0.25, -0.2) is 0 Å². The molecule has 0 unspecified atom stereocenters. The number of rotatable bonds is 2. The number of carbonyl (C=O) groups excluding carboxylic acids is 1. The zero-order valence-corrected chi connectivity index (χ0v) is 8.06. The fraction of sp³-hybridized carbons (Fsp3) is 0.364. The fourth-order valence-electron chi connectivity index (χ4n) is 1.46. The maximum Gasteiger partial charge on any atom is 0.254 e. The van der Waals surface area contributed by atoms with Crippen molar-refractivity contribution in [1.82, 2.24) is 4.90 Å². The molecule has 0 aliphatic carbocycles. The van der Waals surface area contributed by atoms with Gasteiger partial charge in [0.15, 0.2) is 0 Å². The predicted octanol–water partition coefficient (Wildman–Crippen LogP) is 0.958. The zero-order chi connectivity index (χ0) is 9.97. The first-order chi connectivity index (χ1) is 6.81. The molecule has 0 saturated carbocycles. The minimum Gasteiger partial charge on any atom is -0.378 e. The van der Waals surface area contributed by atoms with Crippen LogP contribution in [0.3, 0.4) is 0 Å². The molecular formula is C11H12NO2. The number of methoxy groups -OCH3 is 1. The fourth-order valence-corrected chi connectivity index (χ4v) is 1.46. The molecule has 0 aromatic heterocycles. The molecule has 1 aliphatic rings. The summed E-state index contributed by atoms with van der Waals surface area (Å²) in [6.45, 7) is 1.40. The van der Waals surface area contributed by atoms with Crippen LogP contribution in [0, 0.1) is 6.07 Å². The van der Waals surface area contributed by atoms with Gasteiger partial charge in [-0.3, -0.25) is 4.79 Å². The number of benzene rings is 1. The van der Waals surface area contributed by atoms with E-state index in [0.29, 0.717) is 18.7 Å². The van der Waals surface area contributed by atoms with Crippen LogP contribution < -0.4 is 0 Å². The minimum absolute atomic E-state index is 0.0650. The van der Waals surface area contributed by atoms with Crippen molar-refractivity contribution in [3.63, 3.8) is 0 Å². The summed E-state index contributed by atoms with van der Waals surface area (Å²) >= 11 is 0. The van der Waals surface area contributed by atoms with Gasteiger partial charge in [0.1, 0.15) is 0 Å². The van der Waals surface area contributed by atoms with E-state index in [2.05, 4.69) is 6.07 Å². The first-order valence-corrected chi connectivity index (χ1v) is 4.59. The van der Waals surface area contributed by atoms with Gasteiger partial charge in [-0.2, -0.15) is 0 Å². The molecule has 3 nitrogen and oxygen atoms in total. The highest BCUT2D eigenvalue weighted by molar-refractivity contribution is 5.94. The average Bonchev–Trinajstić information content (AvgIpc) is 2.17. The largest absolute Gasteiger partial charge is 0.378 e. The molecule has 1 amide bonds. The van der Waals surface area contributed by atoms with Crippen molar-refractivity contribution in [2.24, 2.45) is 0 Å². The van der Waals surface area contributed by atoms with Crippen LogP contribution in [0.5, 0.6) is 0 Å². The van der Waals surface area contributed by atoms with Gasteiger partial charge in [-0.15, -0.1) is 0 Å². The van der Waals surface area contributed by atoms with Gasteiger partial charge >= 0.3 is 0 Å². The SMILES string of the molecule is COC1CN(C(=O)c2c[c]ccc2)C1. The van der Waals surface area contributed by atoms with Gasteiger partial charge < -0.3 is 9.64 Å². The second kappa shape index (κ2) is 3.80. The van der Waals surface area contributed by atoms with Crippen molar-refractivity contribution in [2.45, 2.75) is 6.10 Å². The molecule has 14 heavy (non-hydrogen) atoms. The number of nitrogens with zero attached hydrogens (tertiary/aromatic N) is 1. The molecule has 1 heterocycles. The minimum atomic E-state index is 0.0650. The van der Waals surface area contributed by atoms with E-state index < -0.39 is 0 Å². The number of likely N-dealkylation sites (tertiary alicyclic amines) is 1. The van der Waals surface area contributed by atoms with Crippen molar-refractivity contribution in [2.75, 3.05) is 20.2 Å². The van der Waals surface area contributed by atoms with Crippen LogP contribution in [0.15, 0.2) is 24.3 Å². The zero-order valence-electron chi connectivity index (χ0n) is 8.06. The van der Waals surface area contributed by atoms with Gasteiger partial charge in [0.2, 0.25) is 0 Å². The first-order valence-electron chi connectivity index (χ1n) is 4.59. The van der Waals surface area contributed by atoms with E-state index in [0.717, 1.165) is 0 Å². The van der Waals surface area contributed by atoms with E-state index in [-0.39, 0.29) is 12.0 Å². The van der Waals surface area contributed by atoms with Crippen LogP contribution in [0.25, 0.3) is 0 Å². The summed E-state index contributed by atoms with van der Waals surface area (Å²) in [5.41, 5.74) is 0.696. The molecule has 1 aromatic rings. The van der Waals surface area contributed by atoms with E-state index in [9.17, 15) is 4.79 Å². The molecule has 0 spiro atoms. The maximum atomic E-state index is 11.7. The number of ether oxygens (including phenoxy) is 1. The number of carbonyl (C=O) groups is 1. The van der Waals surface area contributed by atoms with Crippen molar-refractivity contribution >= 4 is 5.91 Å². The van der Waals surface area contributed by atoms with Crippen LogP contribution >= 0.6 is 0 Å². The van der Waals surface area contributed by atoms with Gasteiger partial charge in [0.25, 0.3) is 5.91 Å². The van der Waals surface area contributed by atoms with Gasteiger partial charge in [-0.05, 0) is 18.2 Å². The van der Waals surface area contributed by atoms with E-state index in [1.807, 2.05) is 6.07 Å². The molecule has 1 saturated heterocycles. The van der Waals surface area contributed by atoms with Gasteiger partial charge in [0, 0.05) is 25.8 Å². The lowest BCUT2D eigenvalue weighted by molar-refractivity contribution is -0.0191. The first kappa shape index (κ1) is 9.21. The van der Waals surface area contributed by atoms with Crippen LogP contribution in [0.4, 0.5) is 0 Å². The van der Waals surface area contributed by atoms with E-state index in [1.165, 1.54) is 0 Å². The van der Waals surface area contributed by atoms with E-state index in [4.69, 9.17) is 4.74 Å². The second-order valence-corrected chi connectivity index (χ2v) is 3.36. The molecule has 1 radical (unpaired) electrons. The summed E-state index contributed by atoms with van der Waals surface area (Å²) < 4.78 is 5.10. The quantitative estimate of drug-likeness (QED) is 0.695. The third-order valence-corrected chi connectivity index (χ3v) is 2.42. The maximum absolute atomic E-state index is 11.7. The molecule has 1 fully saturated rings. The Bertz CT molecular complexity index is 317. The standard InChI is InChI=1S/C11H12NO2/c1-14-10-7-12(8-10)11(13)9-5-3-2-4-6-9/h2-3,5-6,10H,7-8H2,1H3. The Kier molecular flexibility index (Phi) is 2.50. The summed E-state index contributed by atoms with van der Waals surface area (Å²) in [5.74, 6) is 0.0650. The summed E-state index contributed by atoms with van der Waals surface area (Å²) in [5, 5.41) is 0. The molecule has 0 bridgehead atoms. The van der Waals surface area contributed by atoms with E-state index >= 15 is 0 Å². The highest BCUT2D eigenvalue weighted by atomic mass is 16.5. The Morgan fingerprint density at radius 1 is 1.64 bits per heavy atom. The lowest BCUT2D eigenvalue weighted by Gasteiger charge is -2.38. The molecule has 73 valence electrons. The summed E-state index contributed by atoms with van der Waals surface area (Å²) in [6.07, 6.45) is 0.214. The van der Waals surface area contributed by atoms with Crippen molar-refractivity contribution in [1.29, 1.82) is 0 Å². The van der Waals surface area contributed by atoms with Crippen LogP contribution in [-0.4, -0.2) is 37.1 Å². The molecule has 2 rings (SSSR count). The van der Waals surface area contributed by atoms with Crippen LogP contribution in [0.2, 0.25) is 0 Å². The lowest BCUT2D eigenvalue weighted by Crippen LogP contribution is -2.54. The molecule has 1 aliphatic heterocycles. The molecule has 0 N–H and O–H groups in total. The molecule has 1 aromatic carbocycles. The number of hydrogen-bond acceptors (Lipinski definition) is 2. The highest BCUT2D eigenvalue weighted by Crippen LogP contribution is 2.14. The Morgan fingerprint density at radius 3 is 3.00 bits per heavy atom. The normalized spacial score (nSPS) is 16.5. The third kappa shape index (κ3) is 1.63. The van der Waals surface area contributed by atoms with Crippen molar-refractivity contribution < 1.29 is 9.53 Å². The Balaban J connectivity index is 1.98. The summed E-state index contributed by atoms with van der Waals surface area (Å²) in [6, 6.07) is 10.0. The monoisotopic (exact) mass is 190 g/mol. The lowest BCUT2D eigenvalue weighted by atomic mass is 10.1. The Labute approximate surface area is 83.3 Å². The second-order valence-electron chi connectivity index (χ2n) is 3.36. The molecule has 3 heteroatoms. The van der Waals surface area contributed by atoms with Crippen molar-refractivity contribution in [3.05, 3.63) is 35.9 Å². The predicted molar refractivity (Wildman–Crippen MR) is 52.0 cm³/mol. The van der Waals surface area contributed by atoms with E-state index in [1.54, 1.807) is 30.2 Å². The number of amides is 1. The van der Waals surface area contributed by atoms with Crippen LogP contribution in [-0.2, 0) is 4.74 Å².